The van der Waals surface area contributed by atoms with Gasteiger partial charge < -0.3 is 9.73 Å². The molecule has 7 heteroatoms. The summed E-state index contributed by atoms with van der Waals surface area (Å²) in [5, 5.41) is 3.19. The standard InChI is InChI=1S/C14H17N3O3S/c1-9-10(2)20-14(17-9)8-16-21(18,19)13-4-3-11-6-15-7-12(11)5-13/h3-5,15-16H,6-8H2,1-2H3. The van der Waals surface area contributed by atoms with Gasteiger partial charge in [0.05, 0.1) is 17.1 Å². The third kappa shape index (κ3) is 2.85. The number of hydrogen-bond acceptors (Lipinski definition) is 5. The lowest BCUT2D eigenvalue weighted by molar-refractivity contribution is 0.463. The predicted molar refractivity (Wildman–Crippen MR) is 77.0 cm³/mol. The van der Waals surface area contributed by atoms with Crippen LogP contribution in [-0.4, -0.2) is 13.4 Å². The number of rotatable bonds is 4. The second-order valence-corrected chi connectivity index (χ2v) is 6.87. The number of fused-ring (bicyclic) bond motifs is 1. The van der Waals surface area contributed by atoms with Crippen LogP contribution in [-0.2, 0) is 29.7 Å². The highest BCUT2D eigenvalue weighted by atomic mass is 32.2. The van der Waals surface area contributed by atoms with Crippen LogP contribution in [0, 0.1) is 13.8 Å². The molecule has 0 radical (unpaired) electrons. The molecule has 112 valence electrons. The summed E-state index contributed by atoms with van der Waals surface area (Å²) in [5.74, 6) is 1.07. The van der Waals surface area contributed by atoms with Crippen LogP contribution in [0.15, 0.2) is 27.5 Å². The van der Waals surface area contributed by atoms with E-state index in [1.165, 1.54) is 0 Å². The van der Waals surface area contributed by atoms with Gasteiger partial charge in [0, 0.05) is 13.1 Å². The Bertz CT molecular complexity index is 761. The highest BCUT2D eigenvalue weighted by molar-refractivity contribution is 7.89. The molecule has 0 atom stereocenters. The molecule has 21 heavy (non-hydrogen) atoms. The van der Waals surface area contributed by atoms with Crippen LogP contribution in [0.1, 0.15) is 28.5 Å². The van der Waals surface area contributed by atoms with E-state index < -0.39 is 10.0 Å². The minimum atomic E-state index is -3.56. The smallest absolute Gasteiger partial charge is 0.241 e. The van der Waals surface area contributed by atoms with Crippen LogP contribution in [0.4, 0.5) is 0 Å². The van der Waals surface area contributed by atoms with Crippen LogP contribution < -0.4 is 10.0 Å². The van der Waals surface area contributed by atoms with E-state index in [1.807, 2.05) is 13.0 Å². The van der Waals surface area contributed by atoms with Gasteiger partial charge in [-0.25, -0.2) is 18.1 Å². The van der Waals surface area contributed by atoms with E-state index >= 15 is 0 Å². The zero-order chi connectivity index (χ0) is 15.0. The van der Waals surface area contributed by atoms with Crippen molar-refractivity contribution in [3.63, 3.8) is 0 Å². The molecule has 0 fully saturated rings. The molecule has 1 aromatic carbocycles. The van der Waals surface area contributed by atoms with Gasteiger partial charge in [0.25, 0.3) is 0 Å². The number of aryl methyl sites for hydroxylation is 2. The molecule has 0 aliphatic carbocycles. The van der Waals surface area contributed by atoms with Gasteiger partial charge in [-0.05, 0) is 37.1 Å². The summed E-state index contributed by atoms with van der Waals surface area (Å²) in [6.45, 7) is 5.17. The van der Waals surface area contributed by atoms with Gasteiger partial charge in [0.15, 0.2) is 0 Å². The molecule has 6 nitrogen and oxygen atoms in total. The van der Waals surface area contributed by atoms with Crippen molar-refractivity contribution in [1.29, 1.82) is 0 Å². The highest BCUT2D eigenvalue weighted by Gasteiger charge is 2.19. The summed E-state index contributed by atoms with van der Waals surface area (Å²) in [6.07, 6.45) is 0. The minimum Gasteiger partial charge on any atom is -0.444 e. The number of oxazole rings is 1. The molecule has 1 aliphatic rings. The van der Waals surface area contributed by atoms with Crippen LogP contribution in [0.3, 0.4) is 0 Å². The normalized spacial score (nSPS) is 14.4. The number of nitrogens with zero attached hydrogens (tertiary/aromatic N) is 1. The summed E-state index contributed by atoms with van der Waals surface area (Å²) >= 11 is 0. The van der Waals surface area contributed by atoms with Gasteiger partial charge in [-0.15, -0.1) is 0 Å². The molecule has 3 rings (SSSR count). The van der Waals surface area contributed by atoms with E-state index in [9.17, 15) is 8.42 Å². The first kappa shape index (κ1) is 14.2. The summed E-state index contributed by atoms with van der Waals surface area (Å²) in [5.41, 5.74) is 2.95. The molecule has 1 aromatic heterocycles. The number of sulfonamides is 1. The minimum absolute atomic E-state index is 0.0480. The molecular formula is C14H17N3O3S. The Balaban J connectivity index is 1.77. The van der Waals surface area contributed by atoms with Crippen LogP contribution in [0.25, 0.3) is 0 Å². The molecule has 2 heterocycles. The van der Waals surface area contributed by atoms with E-state index in [0.717, 1.165) is 23.4 Å². The number of aromatic nitrogens is 1. The molecule has 2 aromatic rings. The lowest BCUT2D eigenvalue weighted by atomic mass is 10.1. The molecular weight excluding hydrogens is 290 g/mol. The maximum Gasteiger partial charge on any atom is 0.241 e. The third-order valence-corrected chi connectivity index (χ3v) is 5.00. The van der Waals surface area contributed by atoms with Crippen molar-refractivity contribution in [3.05, 3.63) is 46.7 Å². The molecule has 1 aliphatic heterocycles. The van der Waals surface area contributed by atoms with E-state index in [1.54, 1.807) is 19.1 Å². The van der Waals surface area contributed by atoms with Crippen LogP contribution in [0.5, 0.6) is 0 Å². The topological polar surface area (TPSA) is 84.2 Å². The summed E-state index contributed by atoms with van der Waals surface area (Å²) in [4.78, 5) is 4.43. The molecule has 0 unspecified atom stereocenters. The molecule has 0 saturated carbocycles. The maximum absolute atomic E-state index is 12.3. The fraction of sp³-hybridized carbons (Fsp3) is 0.357. The van der Waals surface area contributed by atoms with Crippen molar-refractivity contribution >= 4 is 10.0 Å². The maximum atomic E-state index is 12.3. The van der Waals surface area contributed by atoms with E-state index in [2.05, 4.69) is 15.0 Å². The lowest BCUT2D eigenvalue weighted by Crippen LogP contribution is -2.23. The summed E-state index contributed by atoms with van der Waals surface area (Å²) in [7, 11) is -3.56. The average molecular weight is 307 g/mol. The Morgan fingerprint density at radius 2 is 2.05 bits per heavy atom. The van der Waals surface area contributed by atoms with Crippen molar-refractivity contribution < 1.29 is 12.8 Å². The quantitative estimate of drug-likeness (QED) is 0.891. The van der Waals surface area contributed by atoms with Crippen LogP contribution in [0.2, 0.25) is 0 Å². The Morgan fingerprint density at radius 3 is 2.76 bits per heavy atom. The van der Waals surface area contributed by atoms with Gasteiger partial charge in [0.2, 0.25) is 15.9 Å². The fourth-order valence-electron chi connectivity index (χ4n) is 2.29. The number of hydrogen-bond donors (Lipinski definition) is 2. The zero-order valence-electron chi connectivity index (χ0n) is 11.9. The van der Waals surface area contributed by atoms with Crippen molar-refractivity contribution in [2.75, 3.05) is 0 Å². The van der Waals surface area contributed by atoms with Gasteiger partial charge in [-0.3, -0.25) is 0 Å². The fourth-order valence-corrected chi connectivity index (χ4v) is 3.32. The molecule has 0 amide bonds. The first-order chi connectivity index (χ1) is 9.95. The third-order valence-electron chi connectivity index (χ3n) is 3.61. The highest BCUT2D eigenvalue weighted by Crippen LogP contribution is 2.20. The Morgan fingerprint density at radius 1 is 1.29 bits per heavy atom. The van der Waals surface area contributed by atoms with Gasteiger partial charge in [0.1, 0.15) is 5.76 Å². The molecule has 2 N–H and O–H groups in total. The van der Waals surface area contributed by atoms with E-state index in [4.69, 9.17) is 4.42 Å². The second-order valence-electron chi connectivity index (χ2n) is 5.11. The number of nitrogens with one attached hydrogen (secondary N) is 2. The van der Waals surface area contributed by atoms with Crippen molar-refractivity contribution in [3.8, 4) is 0 Å². The first-order valence-corrected chi connectivity index (χ1v) is 8.19. The molecule has 0 spiro atoms. The molecule has 0 saturated heterocycles. The van der Waals surface area contributed by atoms with Gasteiger partial charge in [-0.1, -0.05) is 6.07 Å². The largest absolute Gasteiger partial charge is 0.444 e. The van der Waals surface area contributed by atoms with Crippen molar-refractivity contribution in [2.24, 2.45) is 0 Å². The molecule has 0 bridgehead atoms. The zero-order valence-corrected chi connectivity index (χ0v) is 12.8. The van der Waals surface area contributed by atoms with Gasteiger partial charge >= 0.3 is 0 Å². The number of benzene rings is 1. The van der Waals surface area contributed by atoms with Crippen molar-refractivity contribution in [2.45, 2.75) is 38.4 Å². The first-order valence-electron chi connectivity index (χ1n) is 6.71. The lowest BCUT2D eigenvalue weighted by Gasteiger charge is -2.06. The summed E-state index contributed by atoms with van der Waals surface area (Å²) in [6, 6.07) is 5.19. The van der Waals surface area contributed by atoms with Crippen molar-refractivity contribution in [1.82, 2.24) is 15.0 Å². The Labute approximate surface area is 123 Å². The van der Waals surface area contributed by atoms with E-state index in [-0.39, 0.29) is 11.4 Å². The Kier molecular flexibility index (Phi) is 3.56. The second kappa shape index (κ2) is 5.25. The van der Waals surface area contributed by atoms with Gasteiger partial charge in [-0.2, -0.15) is 0 Å². The van der Waals surface area contributed by atoms with E-state index in [0.29, 0.717) is 18.2 Å². The Hall–Kier alpha value is -1.70. The van der Waals surface area contributed by atoms with Crippen LogP contribution >= 0.6 is 0 Å². The summed E-state index contributed by atoms with van der Waals surface area (Å²) < 4.78 is 32.5. The predicted octanol–water partition coefficient (Wildman–Crippen LogP) is 1.37. The monoisotopic (exact) mass is 307 g/mol. The SMILES string of the molecule is Cc1nc(CNS(=O)(=O)c2ccc3c(c2)CNC3)oc1C. The average Bonchev–Trinajstić information content (AvgIpc) is 3.03.